The van der Waals surface area contributed by atoms with Crippen LogP contribution in [0.25, 0.3) is 0 Å². The van der Waals surface area contributed by atoms with Crippen molar-refractivity contribution in [2.75, 3.05) is 6.61 Å². The number of aliphatic hydroxyl groups is 1. The Morgan fingerprint density at radius 2 is 2.05 bits per heavy atom. The van der Waals surface area contributed by atoms with Crippen LogP contribution in [0.1, 0.15) is 11.4 Å². The highest BCUT2D eigenvalue weighted by atomic mass is 35.5. The second-order valence-electron chi connectivity index (χ2n) is 3.88. The van der Waals surface area contributed by atoms with Gasteiger partial charge < -0.3 is 15.6 Å². The summed E-state index contributed by atoms with van der Waals surface area (Å²) in [7, 11) is 0. The van der Waals surface area contributed by atoms with E-state index in [-0.39, 0.29) is 13.2 Å². The van der Waals surface area contributed by atoms with E-state index in [4.69, 9.17) is 27.2 Å². The smallest absolute Gasteiger partial charge is 0.132 e. The molecule has 1 aromatic heterocycles. The first-order valence-corrected chi connectivity index (χ1v) is 6.23. The van der Waals surface area contributed by atoms with E-state index in [1.807, 2.05) is 0 Å². The molecule has 0 saturated carbocycles. The quantitative estimate of drug-likeness (QED) is 0.824. The maximum Gasteiger partial charge on any atom is 0.132 e. The molecule has 0 bridgehead atoms. The second kappa shape index (κ2) is 6.51. The van der Waals surface area contributed by atoms with Gasteiger partial charge in [-0.3, -0.25) is 0 Å². The van der Waals surface area contributed by atoms with Crippen LogP contribution in [0.2, 0.25) is 5.02 Å². The molecule has 2 rings (SSSR count). The summed E-state index contributed by atoms with van der Waals surface area (Å²) in [4.78, 5) is 0. The van der Waals surface area contributed by atoms with E-state index >= 15 is 0 Å². The molecule has 2 aromatic rings. The minimum atomic E-state index is -0.0126. The van der Waals surface area contributed by atoms with Crippen molar-refractivity contribution in [2.24, 2.45) is 5.73 Å². The molecule has 0 aliphatic rings. The van der Waals surface area contributed by atoms with E-state index in [9.17, 15) is 0 Å². The SMILES string of the molecule is NCc1nnn(CCO)c1COc1ccc(Cl)cc1. The Kier molecular flexibility index (Phi) is 4.73. The zero-order chi connectivity index (χ0) is 13.7. The van der Waals surface area contributed by atoms with Crippen molar-refractivity contribution in [3.8, 4) is 5.75 Å². The van der Waals surface area contributed by atoms with Crippen LogP contribution in [0.4, 0.5) is 0 Å². The molecule has 0 aliphatic carbocycles. The lowest BCUT2D eigenvalue weighted by Crippen LogP contribution is -2.12. The molecule has 0 radical (unpaired) electrons. The van der Waals surface area contributed by atoms with E-state index in [0.717, 1.165) is 5.69 Å². The fourth-order valence-electron chi connectivity index (χ4n) is 1.64. The van der Waals surface area contributed by atoms with Crippen LogP contribution in [0, 0.1) is 0 Å². The number of rotatable bonds is 6. The third kappa shape index (κ3) is 3.44. The molecule has 1 aromatic carbocycles. The van der Waals surface area contributed by atoms with Crippen LogP contribution < -0.4 is 10.5 Å². The Hall–Kier alpha value is -1.63. The Labute approximate surface area is 115 Å². The molecule has 0 aliphatic heterocycles. The number of aromatic nitrogens is 3. The number of aliphatic hydroxyl groups excluding tert-OH is 1. The molecule has 3 N–H and O–H groups in total. The molecule has 0 saturated heterocycles. The van der Waals surface area contributed by atoms with E-state index in [0.29, 0.717) is 29.6 Å². The van der Waals surface area contributed by atoms with E-state index in [1.54, 1.807) is 28.9 Å². The average molecular weight is 283 g/mol. The van der Waals surface area contributed by atoms with Gasteiger partial charge in [-0.05, 0) is 24.3 Å². The monoisotopic (exact) mass is 282 g/mol. The maximum atomic E-state index is 8.97. The number of nitrogens with two attached hydrogens (primary N) is 1. The minimum absolute atomic E-state index is 0.0126. The number of ether oxygens (including phenoxy) is 1. The fourth-order valence-corrected chi connectivity index (χ4v) is 1.77. The summed E-state index contributed by atoms with van der Waals surface area (Å²) in [6.45, 7) is 0.930. The molecule has 0 fully saturated rings. The summed E-state index contributed by atoms with van der Waals surface area (Å²) in [6.07, 6.45) is 0. The lowest BCUT2D eigenvalue weighted by atomic mass is 10.3. The Morgan fingerprint density at radius 1 is 1.32 bits per heavy atom. The van der Waals surface area contributed by atoms with Gasteiger partial charge in [-0.25, -0.2) is 4.68 Å². The predicted molar refractivity (Wildman–Crippen MR) is 70.8 cm³/mol. The second-order valence-corrected chi connectivity index (χ2v) is 4.31. The van der Waals surface area contributed by atoms with Gasteiger partial charge in [-0.2, -0.15) is 0 Å². The van der Waals surface area contributed by atoms with Gasteiger partial charge in [0, 0.05) is 11.6 Å². The lowest BCUT2D eigenvalue weighted by Gasteiger charge is -2.09. The largest absolute Gasteiger partial charge is 0.487 e. The summed E-state index contributed by atoms with van der Waals surface area (Å²) >= 11 is 5.80. The zero-order valence-electron chi connectivity index (χ0n) is 10.3. The molecule has 0 atom stereocenters. The van der Waals surface area contributed by atoms with Crippen molar-refractivity contribution >= 4 is 11.6 Å². The Morgan fingerprint density at radius 3 is 2.68 bits per heavy atom. The maximum absolute atomic E-state index is 8.97. The van der Waals surface area contributed by atoms with E-state index in [2.05, 4.69) is 10.3 Å². The molecule has 0 amide bonds. The molecule has 19 heavy (non-hydrogen) atoms. The number of nitrogens with zero attached hydrogens (tertiary/aromatic N) is 3. The molecular formula is C12H15ClN4O2. The first kappa shape index (κ1) is 13.8. The van der Waals surface area contributed by atoms with Gasteiger partial charge in [-0.15, -0.1) is 5.10 Å². The van der Waals surface area contributed by atoms with Crippen LogP contribution in [0.3, 0.4) is 0 Å². The van der Waals surface area contributed by atoms with Crippen LogP contribution in [-0.2, 0) is 19.7 Å². The topological polar surface area (TPSA) is 86.2 Å². The van der Waals surface area contributed by atoms with Crippen molar-refractivity contribution < 1.29 is 9.84 Å². The number of halogens is 1. The summed E-state index contributed by atoms with van der Waals surface area (Å²) in [5.74, 6) is 0.698. The van der Waals surface area contributed by atoms with Crippen LogP contribution in [-0.4, -0.2) is 26.7 Å². The normalized spacial score (nSPS) is 10.7. The van der Waals surface area contributed by atoms with Gasteiger partial charge in [-0.1, -0.05) is 16.8 Å². The van der Waals surface area contributed by atoms with Gasteiger partial charge in [0.15, 0.2) is 0 Å². The summed E-state index contributed by atoms with van der Waals surface area (Å²) in [5, 5.41) is 17.5. The molecular weight excluding hydrogens is 268 g/mol. The highest BCUT2D eigenvalue weighted by Gasteiger charge is 2.12. The van der Waals surface area contributed by atoms with Gasteiger partial charge in [0.1, 0.15) is 23.7 Å². The van der Waals surface area contributed by atoms with E-state index in [1.165, 1.54) is 0 Å². The number of hydrogen-bond acceptors (Lipinski definition) is 5. The Bertz CT molecular complexity index is 527. The van der Waals surface area contributed by atoms with Gasteiger partial charge in [0.2, 0.25) is 0 Å². The number of benzene rings is 1. The molecule has 102 valence electrons. The summed E-state index contributed by atoms with van der Waals surface area (Å²) in [6, 6.07) is 7.07. The standard InChI is InChI=1S/C12H15ClN4O2/c13-9-1-3-10(4-2-9)19-8-12-11(7-14)15-16-17(12)5-6-18/h1-4,18H,5-8,14H2. The van der Waals surface area contributed by atoms with Crippen molar-refractivity contribution in [1.29, 1.82) is 0 Å². The van der Waals surface area contributed by atoms with Gasteiger partial charge in [0.05, 0.1) is 13.2 Å². The molecule has 0 spiro atoms. The van der Waals surface area contributed by atoms with Crippen molar-refractivity contribution in [2.45, 2.75) is 19.7 Å². The van der Waals surface area contributed by atoms with Gasteiger partial charge >= 0.3 is 0 Å². The minimum Gasteiger partial charge on any atom is -0.487 e. The zero-order valence-corrected chi connectivity index (χ0v) is 11.0. The molecule has 7 heteroatoms. The molecule has 0 unspecified atom stereocenters. The van der Waals surface area contributed by atoms with Gasteiger partial charge in [0.25, 0.3) is 0 Å². The first-order valence-electron chi connectivity index (χ1n) is 5.85. The van der Waals surface area contributed by atoms with Crippen molar-refractivity contribution in [1.82, 2.24) is 15.0 Å². The fraction of sp³-hybridized carbons (Fsp3) is 0.333. The number of hydrogen-bond donors (Lipinski definition) is 2. The predicted octanol–water partition coefficient (Wildman–Crippen LogP) is 0.961. The van der Waals surface area contributed by atoms with Crippen LogP contribution >= 0.6 is 11.6 Å². The van der Waals surface area contributed by atoms with E-state index < -0.39 is 0 Å². The summed E-state index contributed by atoms with van der Waals surface area (Å²) < 4.78 is 7.23. The van der Waals surface area contributed by atoms with Crippen LogP contribution in [0.5, 0.6) is 5.75 Å². The lowest BCUT2D eigenvalue weighted by molar-refractivity contribution is 0.251. The molecule has 6 nitrogen and oxygen atoms in total. The van der Waals surface area contributed by atoms with Crippen molar-refractivity contribution in [3.63, 3.8) is 0 Å². The first-order chi connectivity index (χ1) is 9.24. The summed E-state index contributed by atoms with van der Waals surface area (Å²) in [5.41, 5.74) is 7.04. The third-order valence-corrected chi connectivity index (χ3v) is 2.86. The molecule has 1 heterocycles. The highest BCUT2D eigenvalue weighted by Crippen LogP contribution is 2.17. The van der Waals surface area contributed by atoms with Crippen molar-refractivity contribution in [3.05, 3.63) is 40.7 Å². The Balaban J connectivity index is 2.09. The third-order valence-electron chi connectivity index (χ3n) is 2.61. The average Bonchev–Trinajstić information content (AvgIpc) is 2.81. The highest BCUT2D eigenvalue weighted by molar-refractivity contribution is 6.30. The van der Waals surface area contributed by atoms with Crippen LogP contribution in [0.15, 0.2) is 24.3 Å².